The van der Waals surface area contributed by atoms with Crippen molar-refractivity contribution in [3.8, 4) is 0 Å². The minimum Gasteiger partial charge on any atom is -0.335 e. The monoisotopic (exact) mass is 391 g/mol. The molecule has 3 unspecified atom stereocenters. The molecule has 0 spiro atoms. The fourth-order valence-electron chi connectivity index (χ4n) is 4.33. The third kappa shape index (κ3) is 2.75. The van der Waals surface area contributed by atoms with Crippen molar-refractivity contribution in [2.75, 3.05) is 24.5 Å². The lowest BCUT2D eigenvalue weighted by atomic mass is 10.1. The number of halogens is 1. The van der Waals surface area contributed by atoms with Crippen LogP contribution >= 0.6 is 15.9 Å². The molecule has 4 rings (SSSR count). The largest absolute Gasteiger partial charge is 0.335 e. The minimum absolute atomic E-state index is 0.0422. The lowest BCUT2D eigenvalue weighted by Gasteiger charge is -2.30. The van der Waals surface area contributed by atoms with Gasteiger partial charge in [-0.25, -0.2) is 0 Å². The molecule has 1 aromatic carbocycles. The lowest BCUT2D eigenvalue weighted by molar-refractivity contribution is -0.138. The molecule has 1 aromatic rings. The quantitative estimate of drug-likeness (QED) is 0.840. The van der Waals surface area contributed by atoms with Crippen molar-refractivity contribution in [2.24, 2.45) is 5.92 Å². The van der Waals surface area contributed by atoms with E-state index in [0.29, 0.717) is 25.0 Å². The molecule has 0 saturated carbocycles. The summed E-state index contributed by atoms with van der Waals surface area (Å²) >= 11 is 3.51. The van der Waals surface area contributed by atoms with E-state index in [9.17, 15) is 9.59 Å². The maximum Gasteiger partial charge on any atom is 0.228 e. The molecule has 0 aromatic heterocycles. The number of carbonyl (C=O) groups excluding carboxylic acids is 2. The number of anilines is 1. The second-order valence-electron chi connectivity index (χ2n) is 6.98. The molecule has 3 heterocycles. The molecule has 3 aliphatic rings. The minimum atomic E-state index is -0.217. The number of carbonyl (C=O) groups is 2. The zero-order valence-electron chi connectivity index (χ0n) is 13.6. The van der Waals surface area contributed by atoms with E-state index in [1.165, 1.54) is 0 Å². The van der Waals surface area contributed by atoms with Crippen LogP contribution in [0.2, 0.25) is 0 Å². The molecule has 3 atom stereocenters. The average molecular weight is 392 g/mol. The Hall–Kier alpha value is -1.40. The van der Waals surface area contributed by atoms with Gasteiger partial charge in [0.15, 0.2) is 0 Å². The molecule has 0 radical (unpaired) electrons. The van der Waals surface area contributed by atoms with Crippen LogP contribution in [0.5, 0.6) is 0 Å². The number of rotatable bonds is 2. The van der Waals surface area contributed by atoms with Crippen LogP contribution in [0, 0.1) is 5.92 Å². The molecule has 3 aliphatic heterocycles. The van der Waals surface area contributed by atoms with Crippen molar-refractivity contribution >= 4 is 33.4 Å². The summed E-state index contributed by atoms with van der Waals surface area (Å²) in [5.74, 6) is 0.000420. The Balaban J connectivity index is 1.53. The highest BCUT2D eigenvalue weighted by Crippen LogP contribution is 2.35. The van der Waals surface area contributed by atoms with Gasteiger partial charge in [-0.15, -0.1) is 0 Å². The van der Waals surface area contributed by atoms with Crippen LogP contribution in [0.1, 0.15) is 25.7 Å². The molecule has 0 aliphatic carbocycles. The van der Waals surface area contributed by atoms with Crippen LogP contribution in [-0.2, 0) is 9.59 Å². The van der Waals surface area contributed by atoms with Gasteiger partial charge in [0, 0.05) is 36.1 Å². The number of nitrogens with one attached hydrogen (secondary N) is 1. The van der Waals surface area contributed by atoms with E-state index in [4.69, 9.17) is 0 Å². The van der Waals surface area contributed by atoms with Crippen molar-refractivity contribution in [3.05, 3.63) is 28.7 Å². The smallest absolute Gasteiger partial charge is 0.228 e. The van der Waals surface area contributed by atoms with E-state index in [0.717, 1.165) is 42.5 Å². The van der Waals surface area contributed by atoms with Crippen molar-refractivity contribution in [3.63, 3.8) is 0 Å². The van der Waals surface area contributed by atoms with Crippen LogP contribution in [-0.4, -0.2) is 48.4 Å². The Morgan fingerprint density at radius 1 is 1.17 bits per heavy atom. The number of hydrogen-bond donors (Lipinski definition) is 1. The predicted molar refractivity (Wildman–Crippen MR) is 95.7 cm³/mol. The molecule has 2 bridgehead atoms. The molecular formula is C18H22BrN3O2. The van der Waals surface area contributed by atoms with Gasteiger partial charge in [0.05, 0.1) is 11.6 Å². The molecule has 24 heavy (non-hydrogen) atoms. The Morgan fingerprint density at radius 3 is 2.79 bits per heavy atom. The average Bonchev–Trinajstić information content (AvgIpc) is 3.06. The summed E-state index contributed by atoms with van der Waals surface area (Å²) in [6.45, 7) is 2.36. The van der Waals surface area contributed by atoms with E-state index < -0.39 is 0 Å². The molecular weight excluding hydrogens is 370 g/mol. The maximum atomic E-state index is 13.1. The van der Waals surface area contributed by atoms with Gasteiger partial charge in [-0.3, -0.25) is 9.59 Å². The van der Waals surface area contributed by atoms with Gasteiger partial charge in [0.1, 0.15) is 0 Å². The highest BCUT2D eigenvalue weighted by molar-refractivity contribution is 9.10. The first-order valence-corrected chi connectivity index (χ1v) is 9.52. The van der Waals surface area contributed by atoms with Gasteiger partial charge in [0.25, 0.3) is 0 Å². The number of benzene rings is 1. The summed E-state index contributed by atoms with van der Waals surface area (Å²) in [5.41, 5.74) is 0.860. The molecule has 1 N–H and O–H groups in total. The van der Waals surface area contributed by atoms with E-state index in [2.05, 4.69) is 26.1 Å². The number of fused-ring (bicyclic) bond motifs is 2. The highest BCUT2D eigenvalue weighted by Gasteiger charge is 2.44. The Bertz CT molecular complexity index is 651. The first-order valence-electron chi connectivity index (χ1n) is 8.73. The predicted octanol–water partition coefficient (Wildman–Crippen LogP) is 2.15. The maximum absolute atomic E-state index is 13.1. The Kier molecular flexibility index (Phi) is 4.35. The van der Waals surface area contributed by atoms with Crippen molar-refractivity contribution < 1.29 is 9.59 Å². The topological polar surface area (TPSA) is 52.7 Å². The number of hydrogen-bond acceptors (Lipinski definition) is 3. The fourth-order valence-corrected chi connectivity index (χ4v) is 4.83. The summed E-state index contributed by atoms with van der Waals surface area (Å²) < 4.78 is 0.894. The van der Waals surface area contributed by atoms with Crippen LogP contribution in [0.4, 0.5) is 5.69 Å². The van der Waals surface area contributed by atoms with Crippen LogP contribution in [0.3, 0.4) is 0 Å². The molecule has 3 saturated heterocycles. The second kappa shape index (κ2) is 6.48. The van der Waals surface area contributed by atoms with E-state index >= 15 is 0 Å². The van der Waals surface area contributed by atoms with Gasteiger partial charge in [-0.2, -0.15) is 0 Å². The van der Waals surface area contributed by atoms with Gasteiger partial charge in [-0.05, 0) is 53.9 Å². The Morgan fingerprint density at radius 2 is 1.96 bits per heavy atom. The van der Waals surface area contributed by atoms with E-state index in [1.807, 2.05) is 24.3 Å². The number of amides is 2. The molecule has 5 nitrogen and oxygen atoms in total. The third-order valence-electron chi connectivity index (χ3n) is 5.53. The summed E-state index contributed by atoms with van der Waals surface area (Å²) in [4.78, 5) is 29.5. The van der Waals surface area contributed by atoms with E-state index in [1.54, 1.807) is 4.90 Å². The molecule has 3 fully saturated rings. The first-order chi connectivity index (χ1) is 11.6. The third-order valence-corrected chi connectivity index (χ3v) is 6.20. The normalized spacial score (nSPS) is 29.9. The summed E-state index contributed by atoms with van der Waals surface area (Å²) in [5, 5.41) is 3.43. The summed E-state index contributed by atoms with van der Waals surface area (Å²) in [6.07, 6.45) is 3.53. The molecule has 6 heteroatoms. The zero-order chi connectivity index (χ0) is 16.7. The molecule has 2 amide bonds. The second-order valence-corrected chi connectivity index (χ2v) is 7.83. The van der Waals surface area contributed by atoms with Gasteiger partial charge in [-0.1, -0.05) is 12.1 Å². The van der Waals surface area contributed by atoms with E-state index in [-0.39, 0.29) is 17.7 Å². The van der Waals surface area contributed by atoms with Gasteiger partial charge >= 0.3 is 0 Å². The standard InChI is InChI=1S/C18H22BrN3O2/c19-15-3-1-2-4-16(15)21-11-12(9-17(21)23)18(24)22-13-5-6-14(22)10-20-8-7-13/h1-4,12-14,20H,5-11H2. The fraction of sp³-hybridized carbons (Fsp3) is 0.556. The Labute approximate surface area is 150 Å². The van der Waals surface area contributed by atoms with Crippen LogP contribution < -0.4 is 10.2 Å². The van der Waals surface area contributed by atoms with Crippen molar-refractivity contribution in [2.45, 2.75) is 37.8 Å². The summed E-state index contributed by atoms with van der Waals surface area (Å²) in [6, 6.07) is 8.36. The highest BCUT2D eigenvalue weighted by atomic mass is 79.9. The summed E-state index contributed by atoms with van der Waals surface area (Å²) in [7, 11) is 0. The SMILES string of the molecule is O=C1CC(C(=O)N2C3CCNCC2CC3)CN1c1ccccc1Br. The first kappa shape index (κ1) is 16.1. The zero-order valence-corrected chi connectivity index (χ0v) is 15.2. The van der Waals surface area contributed by atoms with Gasteiger partial charge < -0.3 is 15.1 Å². The molecule has 128 valence electrons. The number of nitrogens with zero attached hydrogens (tertiary/aromatic N) is 2. The van der Waals surface area contributed by atoms with Gasteiger partial charge in [0.2, 0.25) is 11.8 Å². The lowest BCUT2D eigenvalue weighted by Crippen LogP contribution is -2.46. The van der Waals surface area contributed by atoms with Crippen LogP contribution in [0.15, 0.2) is 28.7 Å². The van der Waals surface area contributed by atoms with Crippen LogP contribution in [0.25, 0.3) is 0 Å². The van der Waals surface area contributed by atoms with Crippen molar-refractivity contribution in [1.29, 1.82) is 0 Å². The van der Waals surface area contributed by atoms with Crippen molar-refractivity contribution in [1.82, 2.24) is 10.2 Å². The number of para-hydroxylation sites is 1.